The highest BCUT2D eigenvalue weighted by Crippen LogP contribution is 2.33. The lowest BCUT2D eigenvalue weighted by molar-refractivity contribution is 0.0692. The Labute approximate surface area is 116 Å². The van der Waals surface area contributed by atoms with Crippen molar-refractivity contribution in [2.75, 3.05) is 0 Å². The third-order valence-electron chi connectivity index (χ3n) is 3.10. The van der Waals surface area contributed by atoms with Gasteiger partial charge in [-0.05, 0) is 24.3 Å². The summed E-state index contributed by atoms with van der Waals surface area (Å²) in [5.41, 5.74) is 1.51. The van der Waals surface area contributed by atoms with Crippen LogP contribution in [0.3, 0.4) is 0 Å². The molecule has 0 aliphatic carbocycles. The lowest BCUT2D eigenvalue weighted by atomic mass is 10.2. The van der Waals surface area contributed by atoms with Gasteiger partial charge < -0.3 is 9.67 Å². The summed E-state index contributed by atoms with van der Waals surface area (Å²) in [6.07, 6.45) is 3.81. The number of nitrogens with zero attached hydrogens (tertiary/aromatic N) is 3. The quantitative estimate of drug-likeness (QED) is 0.592. The molecule has 0 bridgehead atoms. The maximum atomic E-state index is 11.3. The van der Waals surface area contributed by atoms with Crippen LogP contribution in [-0.2, 0) is 0 Å². The molecule has 0 radical (unpaired) electrons. The van der Waals surface area contributed by atoms with Gasteiger partial charge in [0.25, 0.3) is 0 Å². The molecule has 0 atom stereocenters. The van der Waals surface area contributed by atoms with E-state index in [0.717, 1.165) is 15.3 Å². The molecular weight excluding hydrogens is 276 g/mol. The average Bonchev–Trinajstić information content (AvgIpc) is 3.16. The largest absolute Gasteiger partial charge is 0.476 e. The van der Waals surface area contributed by atoms with E-state index in [2.05, 4.69) is 15.2 Å². The molecule has 2 N–H and O–H groups in total. The van der Waals surface area contributed by atoms with Crippen molar-refractivity contribution in [3.05, 3.63) is 42.4 Å². The van der Waals surface area contributed by atoms with Crippen LogP contribution in [0.2, 0.25) is 0 Å². The van der Waals surface area contributed by atoms with E-state index in [1.54, 1.807) is 6.07 Å². The molecule has 0 amide bonds. The molecule has 0 saturated heterocycles. The Morgan fingerprint density at radius 3 is 2.85 bits per heavy atom. The van der Waals surface area contributed by atoms with Crippen molar-refractivity contribution < 1.29 is 9.90 Å². The van der Waals surface area contributed by atoms with Crippen molar-refractivity contribution in [3.63, 3.8) is 0 Å². The second-order valence-corrected chi connectivity index (χ2v) is 5.28. The van der Waals surface area contributed by atoms with Gasteiger partial charge in [-0.1, -0.05) is 11.3 Å². The summed E-state index contributed by atoms with van der Waals surface area (Å²) in [5, 5.41) is 17.2. The summed E-state index contributed by atoms with van der Waals surface area (Å²) in [6, 6.07) is 7.51. The average molecular weight is 284 g/mol. The molecule has 0 fully saturated rings. The first-order chi connectivity index (χ1) is 9.74. The summed E-state index contributed by atoms with van der Waals surface area (Å²) in [5.74, 6) is -1.04. The normalized spacial score (nSPS) is 11.4. The van der Waals surface area contributed by atoms with Gasteiger partial charge in [-0.15, -0.1) is 0 Å². The number of aromatic nitrogens is 4. The molecule has 4 rings (SSSR count). The second kappa shape index (κ2) is 3.91. The van der Waals surface area contributed by atoms with Crippen LogP contribution in [0.25, 0.3) is 26.3 Å². The third kappa shape index (κ3) is 1.47. The van der Waals surface area contributed by atoms with Crippen molar-refractivity contribution in [2.24, 2.45) is 0 Å². The summed E-state index contributed by atoms with van der Waals surface area (Å²) < 4.78 is 2.73. The molecule has 0 spiro atoms. The molecule has 3 aromatic heterocycles. The molecule has 0 aliphatic heterocycles. The Morgan fingerprint density at radius 1 is 1.30 bits per heavy atom. The zero-order valence-corrected chi connectivity index (χ0v) is 10.9. The Balaban J connectivity index is 2.09. The topological polar surface area (TPSA) is 83.8 Å². The van der Waals surface area contributed by atoms with Crippen LogP contribution in [0, 0.1) is 0 Å². The van der Waals surface area contributed by atoms with Crippen molar-refractivity contribution in [3.8, 4) is 5.13 Å². The van der Waals surface area contributed by atoms with Gasteiger partial charge >= 0.3 is 5.97 Å². The Morgan fingerprint density at radius 2 is 2.10 bits per heavy atom. The van der Waals surface area contributed by atoms with Gasteiger partial charge in [0.15, 0.2) is 10.8 Å². The molecule has 20 heavy (non-hydrogen) atoms. The van der Waals surface area contributed by atoms with Crippen molar-refractivity contribution in [1.29, 1.82) is 0 Å². The van der Waals surface area contributed by atoms with Gasteiger partial charge in [0.05, 0.1) is 21.1 Å². The Kier molecular flexibility index (Phi) is 2.19. The van der Waals surface area contributed by atoms with Crippen molar-refractivity contribution in [1.82, 2.24) is 19.7 Å². The molecular formula is C13H8N4O2S. The first-order valence-corrected chi connectivity index (χ1v) is 6.70. The first kappa shape index (κ1) is 11.2. The van der Waals surface area contributed by atoms with Gasteiger partial charge in [-0.25, -0.2) is 9.78 Å². The summed E-state index contributed by atoms with van der Waals surface area (Å²) in [6.45, 7) is 0. The minimum Gasteiger partial charge on any atom is -0.476 e. The number of hydrogen-bond acceptors (Lipinski definition) is 4. The highest BCUT2D eigenvalue weighted by molar-refractivity contribution is 7.21. The monoisotopic (exact) mass is 284 g/mol. The Hall–Kier alpha value is -2.67. The summed E-state index contributed by atoms with van der Waals surface area (Å²) in [4.78, 5) is 15.8. The number of thiazole rings is 1. The number of H-pyrrole nitrogens is 1. The maximum Gasteiger partial charge on any atom is 0.357 e. The van der Waals surface area contributed by atoms with Crippen LogP contribution in [-0.4, -0.2) is 30.8 Å². The molecule has 4 aromatic rings. The molecule has 7 heteroatoms. The predicted octanol–water partition coefficient (Wildman–Crippen LogP) is 2.66. The molecule has 0 aliphatic rings. The molecule has 6 nitrogen and oxygen atoms in total. The number of carboxylic acid groups (broad SMARTS) is 1. The highest BCUT2D eigenvalue weighted by Gasteiger charge is 2.18. The molecule has 98 valence electrons. The number of nitrogens with one attached hydrogen (secondary N) is 1. The van der Waals surface area contributed by atoms with Gasteiger partial charge in [-0.3, -0.25) is 5.10 Å². The van der Waals surface area contributed by atoms with Gasteiger partial charge in [-0.2, -0.15) is 5.10 Å². The van der Waals surface area contributed by atoms with Crippen LogP contribution in [0.4, 0.5) is 0 Å². The van der Waals surface area contributed by atoms with Crippen LogP contribution in [0.5, 0.6) is 0 Å². The zero-order valence-electron chi connectivity index (χ0n) is 10.1. The maximum absolute atomic E-state index is 11.3. The van der Waals surface area contributed by atoms with E-state index in [9.17, 15) is 9.90 Å². The lowest BCUT2D eigenvalue weighted by Gasteiger charge is -1.92. The van der Waals surface area contributed by atoms with E-state index in [1.165, 1.54) is 11.3 Å². The van der Waals surface area contributed by atoms with E-state index in [4.69, 9.17) is 0 Å². The number of rotatable bonds is 2. The fraction of sp³-hybridized carbons (Fsp3) is 0. The number of hydrogen-bond donors (Lipinski definition) is 2. The molecule has 0 unspecified atom stereocenters. The zero-order chi connectivity index (χ0) is 13.7. The number of aromatic amines is 1. The van der Waals surface area contributed by atoms with Gasteiger partial charge in [0, 0.05) is 12.4 Å². The van der Waals surface area contributed by atoms with Crippen molar-refractivity contribution >= 4 is 38.4 Å². The number of benzene rings is 1. The van der Waals surface area contributed by atoms with Crippen molar-refractivity contribution in [2.45, 2.75) is 0 Å². The molecule has 3 heterocycles. The van der Waals surface area contributed by atoms with Crippen LogP contribution >= 0.6 is 11.3 Å². The van der Waals surface area contributed by atoms with E-state index in [-0.39, 0.29) is 5.69 Å². The summed E-state index contributed by atoms with van der Waals surface area (Å²) in [7, 11) is 0. The fourth-order valence-electron chi connectivity index (χ4n) is 2.21. The molecule has 1 aromatic carbocycles. The smallest absolute Gasteiger partial charge is 0.357 e. The fourth-order valence-corrected chi connectivity index (χ4v) is 3.29. The number of carbonyl (C=O) groups is 1. The number of fused-ring (bicyclic) bond motifs is 3. The van der Waals surface area contributed by atoms with Gasteiger partial charge in [0.2, 0.25) is 0 Å². The van der Waals surface area contributed by atoms with Crippen LogP contribution in [0.15, 0.2) is 36.7 Å². The number of carboxylic acids is 1. The highest BCUT2D eigenvalue weighted by atomic mass is 32.1. The van der Waals surface area contributed by atoms with E-state index >= 15 is 0 Å². The van der Waals surface area contributed by atoms with Crippen LogP contribution in [0.1, 0.15) is 10.5 Å². The lowest BCUT2D eigenvalue weighted by Crippen LogP contribution is -1.96. The summed E-state index contributed by atoms with van der Waals surface area (Å²) >= 11 is 1.45. The molecule has 0 saturated carbocycles. The predicted molar refractivity (Wildman–Crippen MR) is 75.6 cm³/mol. The Bertz CT molecular complexity index is 936. The standard InChI is InChI=1S/C13H8N4O2S/c18-12(19)10-9-7(15-16-10)3-4-8-11(9)20-13(14-8)17-5-1-2-6-17/h1-6H,(H,15,16)(H,18,19). The van der Waals surface area contributed by atoms with E-state index < -0.39 is 5.97 Å². The minimum absolute atomic E-state index is 0.0355. The minimum atomic E-state index is -1.04. The second-order valence-electron chi connectivity index (χ2n) is 4.30. The van der Waals surface area contributed by atoms with E-state index in [0.29, 0.717) is 10.9 Å². The van der Waals surface area contributed by atoms with Crippen LogP contribution < -0.4 is 0 Å². The SMILES string of the molecule is O=C(O)c1n[nH]c2ccc3nc(-n4cccc4)sc3c12. The number of aromatic carboxylic acids is 1. The van der Waals surface area contributed by atoms with Gasteiger partial charge in [0.1, 0.15) is 0 Å². The first-order valence-electron chi connectivity index (χ1n) is 5.88. The third-order valence-corrected chi connectivity index (χ3v) is 4.20. The van der Waals surface area contributed by atoms with E-state index in [1.807, 2.05) is 35.2 Å².